The predicted molar refractivity (Wildman–Crippen MR) is 109 cm³/mol. The maximum Gasteiger partial charge on any atom is 0.288 e. The van der Waals surface area contributed by atoms with E-state index < -0.39 is 10.8 Å². The molecule has 1 fully saturated rings. The van der Waals surface area contributed by atoms with Gasteiger partial charge in [0.05, 0.1) is 14.9 Å². The third-order valence-electron chi connectivity index (χ3n) is 4.01. The third-order valence-corrected chi connectivity index (χ3v) is 6.17. The van der Waals surface area contributed by atoms with Gasteiger partial charge in [0.1, 0.15) is 27.5 Å². The Kier molecular flexibility index (Phi) is 4.88. The second-order valence-corrected chi connectivity index (χ2v) is 8.18. The molecule has 0 unspecified atom stereocenters. The standard InChI is InChI=1S/C18H10ClN3O4S2/c19-11-3-1-9(7-12(11)22(24)25)13-4-2-10(26-13)8-14-16(23)15(17(20)28-14)18-21-5-6-27-18/h1-8,15,20H/b14-8-,20-17?/t15-/m0/s1. The zero-order valence-electron chi connectivity index (χ0n) is 13.9. The number of rotatable bonds is 4. The number of furan rings is 1. The molecule has 1 N–H and O–H groups in total. The van der Waals surface area contributed by atoms with Crippen molar-refractivity contribution >= 4 is 57.3 Å². The Morgan fingerprint density at radius 1 is 1.32 bits per heavy atom. The van der Waals surface area contributed by atoms with E-state index in [1.807, 2.05) is 0 Å². The number of carbonyl (C=O) groups is 1. The molecule has 10 heteroatoms. The van der Waals surface area contributed by atoms with E-state index in [4.69, 9.17) is 21.4 Å². The van der Waals surface area contributed by atoms with Crippen LogP contribution in [-0.4, -0.2) is 20.7 Å². The molecular formula is C18H10ClN3O4S2. The number of Topliss-reactive ketones (excluding diaryl/α,β-unsaturated/α-hetero) is 1. The predicted octanol–water partition coefficient (Wildman–Crippen LogP) is 5.38. The quantitative estimate of drug-likeness (QED) is 0.337. The average molecular weight is 432 g/mol. The summed E-state index contributed by atoms with van der Waals surface area (Å²) in [5.41, 5.74) is 0.288. The van der Waals surface area contributed by atoms with Gasteiger partial charge in [-0.3, -0.25) is 20.3 Å². The number of halogens is 1. The van der Waals surface area contributed by atoms with Gasteiger partial charge in [-0.05, 0) is 30.3 Å². The molecule has 140 valence electrons. The summed E-state index contributed by atoms with van der Waals surface area (Å²) in [7, 11) is 0. The summed E-state index contributed by atoms with van der Waals surface area (Å²) in [5.74, 6) is -0.0284. The lowest BCUT2D eigenvalue weighted by atomic mass is 10.1. The Hall–Kier alpha value is -2.75. The molecule has 0 amide bonds. The number of aromatic nitrogens is 1. The largest absolute Gasteiger partial charge is 0.457 e. The molecule has 3 aromatic rings. The fraction of sp³-hybridized carbons (Fsp3) is 0.0556. The molecule has 7 nitrogen and oxygen atoms in total. The topological polar surface area (TPSA) is 110 Å². The van der Waals surface area contributed by atoms with Crippen LogP contribution in [0.4, 0.5) is 5.69 Å². The molecule has 1 aliphatic heterocycles. The second kappa shape index (κ2) is 7.34. The minimum Gasteiger partial charge on any atom is -0.457 e. The van der Waals surface area contributed by atoms with Crippen LogP contribution in [0.25, 0.3) is 17.4 Å². The smallest absolute Gasteiger partial charge is 0.288 e. The number of thioether (sulfide) groups is 1. The van der Waals surface area contributed by atoms with Crippen molar-refractivity contribution in [3.05, 3.63) is 72.7 Å². The molecule has 0 bridgehead atoms. The van der Waals surface area contributed by atoms with Gasteiger partial charge in [0.2, 0.25) is 0 Å². The maximum absolute atomic E-state index is 12.7. The Bertz CT molecular complexity index is 1140. The monoisotopic (exact) mass is 431 g/mol. The van der Waals surface area contributed by atoms with E-state index in [1.165, 1.54) is 23.5 Å². The minimum absolute atomic E-state index is 0.0438. The summed E-state index contributed by atoms with van der Waals surface area (Å²) in [6.45, 7) is 0. The molecule has 3 heterocycles. The Morgan fingerprint density at radius 3 is 2.86 bits per heavy atom. The van der Waals surface area contributed by atoms with E-state index in [1.54, 1.807) is 35.9 Å². The third kappa shape index (κ3) is 3.39. The van der Waals surface area contributed by atoms with Crippen LogP contribution in [0.2, 0.25) is 5.02 Å². The Morgan fingerprint density at radius 2 is 2.14 bits per heavy atom. The number of nitrogens with one attached hydrogen (secondary N) is 1. The zero-order valence-corrected chi connectivity index (χ0v) is 16.3. The lowest BCUT2D eigenvalue weighted by Gasteiger charge is -2.01. The van der Waals surface area contributed by atoms with Crippen molar-refractivity contribution in [2.24, 2.45) is 0 Å². The fourth-order valence-electron chi connectivity index (χ4n) is 2.71. The highest BCUT2D eigenvalue weighted by Crippen LogP contribution is 2.41. The molecule has 1 saturated heterocycles. The molecule has 0 spiro atoms. The van der Waals surface area contributed by atoms with Crippen LogP contribution >= 0.6 is 34.7 Å². The van der Waals surface area contributed by atoms with E-state index in [0.29, 0.717) is 27.0 Å². The van der Waals surface area contributed by atoms with Crippen molar-refractivity contribution in [1.29, 1.82) is 5.41 Å². The summed E-state index contributed by atoms with van der Waals surface area (Å²) < 4.78 is 5.72. The second-order valence-electron chi connectivity index (χ2n) is 5.77. The number of hydrogen-bond acceptors (Lipinski definition) is 8. The number of allylic oxidation sites excluding steroid dienone is 1. The van der Waals surface area contributed by atoms with Gasteiger partial charge in [-0.15, -0.1) is 11.3 Å². The normalized spacial score (nSPS) is 18.2. The average Bonchev–Trinajstić information content (AvgIpc) is 3.38. The lowest BCUT2D eigenvalue weighted by Crippen LogP contribution is -2.11. The maximum atomic E-state index is 12.7. The van der Waals surface area contributed by atoms with E-state index in [2.05, 4.69) is 4.98 Å². The highest BCUT2D eigenvalue weighted by Gasteiger charge is 2.38. The summed E-state index contributed by atoms with van der Waals surface area (Å²) in [6, 6.07) is 7.71. The molecule has 0 radical (unpaired) electrons. The molecule has 1 aliphatic rings. The van der Waals surface area contributed by atoms with Crippen molar-refractivity contribution in [2.75, 3.05) is 0 Å². The van der Waals surface area contributed by atoms with Gasteiger partial charge in [0.15, 0.2) is 5.78 Å². The number of hydrogen-bond donors (Lipinski definition) is 1. The van der Waals surface area contributed by atoms with Crippen LogP contribution in [0.15, 0.2) is 51.2 Å². The Labute approximate surface area is 171 Å². The highest BCUT2D eigenvalue weighted by molar-refractivity contribution is 8.19. The summed E-state index contributed by atoms with van der Waals surface area (Å²) >= 11 is 8.26. The van der Waals surface area contributed by atoms with Crippen molar-refractivity contribution in [1.82, 2.24) is 4.98 Å². The van der Waals surface area contributed by atoms with Gasteiger partial charge < -0.3 is 4.42 Å². The number of benzene rings is 1. The van der Waals surface area contributed by atoms with E-state index in [0.717, 1.165) is 11.8 Å². The van der Waals surface area contributed by atoms with Crippen molar-refractivity contribution in [3.8, 4) is 11.3 Å². The molecule has 1 aromatic carbocycles. The van der Waals surface area contributed by atoms with Gasteiger partial charge in [-0.1, -0.05) is 23.4 Å². The van der Waals surface area contributed by atoms with E-state index in [9.17, 15) is 14.9 Å². The SMILES string of the molecule is N=C1S/C(=C\c2ccc(-c3ccc(Cl)c([N+](=O)[O-])c3)o2)C(=O)[C@@H]1c1nccs1. The van der Waals surface area contributed by atoms with Crippen LogP contribution in [0.5, 0.6) is 0 Å². The molecular weight excluding hydrogens is 422 g/mol. The first-order valence-corrected chi connectivity index (χ1v) is 9.97. The number of nitro groups is 1. The van der Waals surface area contributed by atoms with Crippen molar-refractivity contribution < 1.29 is 14.1 Å². The van der Waals surface area contributed by atoms with Gasteiger partial charge in [0, 0.05) is 23.2 Å². The zero-order chi connectivity index (χ0) is 19.8. The van der Waals surface area contributed by atoms with Crippen LogP contribution < -0.4 is 0 Å². The molecule has 28 heavy (non-hydrogen) atoms. The van der Waals surface area contributed by atoms with E-state index in [-0.39, 0.29) is 21.5 Å². The summed E-state index contributed by atoms with van der Waals surface area (Å²) in [6.07, 6.45) is 3.18. The summed E-state index contributed by atoms with van der Waals surface area (Å²) in [5, 5.41) is 21.8. The van der Waals surface area contributed by atoms with Crippen LogP contribution in [0, 0.1) is 15.5 Å². The minimum atomic E-state index is -0.662. The van der Waals surface area contributed by atoms with Crippen LogP contribution in [0.1, 0.15) is 16.7 Å². The lowest BCUT2D eigenvalue weighted by molar-refractivity contribution is -0.384. The molecule has 0 saturated carbocycles. The number of carbonyl (C=O) groups excluding carboxylic acids is 1. The molecule has 4 rings (SSSR count). The van der Waals surface area contributed by atoms with Crippen LogP contribution in [-0.2, 0) is 4.79 Å². The van der Waals surface area contributed by atoms with E-state index >= 15 is 0 Å². The number of nitrogens with zero attached hydrogens (tertiary/aromatic N) is 2. The Balaban J connectivity index is 1.62. The van der Waals surface area contributed by atoms with Crippen LogP contribution in [0.3, 0.4) is 0 Å². The van der Waals surface area contributed by atoms with Gasteiger partial charge >= 0.3 is 0 Å². The molecule has 0 aliphatic carbocycles. The first-order valence-electron chi connectivity index (χ1n) is 7.90. The fourth-order valence-corrected chi connectivity index (χ4v) is 4.68. The number of nitro benzene ring substituents is 1. The van der Waals surface area contributed by atoms with Crippen molar-refractivity contribution in [3.63, 3.8) is 0 Å². The first kappa shape index (κ1) is 18.6. The van der Waals surface area contributed by atoms with Crippen molar-refractivity contribution in [2.45, 2.75) is 5.92 Å². The van der Waals surface area contributed by atoms with Gasteiger partial charge in [-0.25, -0.2) is 4.98 Å². The number of ketones is 1. The first-order chi connectivity index (χ1) is 13.4. The molecule has 1 atom stereocenters. The van der Waals surface area contributed by atoms with Gasteiger partial charge in [-0.2, -0.15) is 0 Å². The molecule has 2 aromatic heterocycles. The summed E-state index contributed by atoms with van der Waals surface area (Å²) in [4.78, 5) is 27.7. The highest BCUT2D eigenvalue weighted by atomic mass is 35.5. The van der Waals surface area contributed by atoms with Gasteiger partial charge in [0.25, 0.3) is 5.69 Å². The number of thiazole rings is 1.